The van der Waals surface area contributed by atoms with Crippen LogP contribution < -0.4 is 5.32 Å². The molecule has 1 atom stereocenters. The Bertz CT molecular complexity index is 346. The van der Waals surface area contributed by atoms with Gasteiger partial charge in [-0.3, -0.25) is 4.68 Å². The van der Waals surface area contributed by atoms with Gasteiger partial charge in [0, 0.05) is 54.4 Å². The third-order valence-corrected chi connectivity index (χ3v) is 5.74. The monoisotopic (exact) mass is 271 g/mol. The van der Waals surface area contributed by atoms with Crippen molar-refractivity contribution in [3.05, 3.63) is 17.5 Å². The van der Waals surface area contributed by atoms with Gasteiger partial charge in [-0.15, -0.1) is 0 Å². The fourth-order valence-corrected chi connectivity index (χ4v) is 4.70. The number of nitrogens with one attached hydrogen (secondary N) is 1. The van der Waals surface area contributed by atoms with Gasteiger partial charge in [-0.1, -0.05) is 6.92 Å². The molecule has 0 radical (unpaired) electrons. The van der Waals surface area contributed by atoms with E-state index in [0.29, 0.717) is 0 Å². The van der Waals surface area contributed by atoms with Gasteiger partial charge >= 0.3 is 0 Å². The van der Waals surface area contributed by atoms with E-state index >= 15 is 0 Å². The van der Waals surface area contributed by atoms with E-state index in [1.807, 2.05) is 11.7 Å². The molecule has 1 N–H and O–H groups in total. The van der Waals surface area contributed by atoms with Gasteiger partial charge < -0.3 is 5.32 Å². The van der Waals surface area contributed by atoms with Gasteiger partial charge in [-0.05, 0) is 6.42 Å². The van der Waals surface area contributed by atoms with Gasteiger partial charge in [-0.25, -0.2) is 0 Å². The van der Waals surface area contributed by atoms with Crippen LogP contribution >= 0.6 is 23.5 Å². The lowest BCUT2D eigenvalue weighted by molar-refractivity contribution is 0.682. The number of rotatable bonds is 5. The molecule has 0 spiro atoms. The quantitative estimate of drug-likeness (QED) is 0.886. The van der Waals surface area contributed by atoms with Crippen molar-refractivity contribution in [2.45, 2.75) is 25.1 Å². The van der Waals surface area contributed by atoms with Gasteiger partial charge in [-0.2, -0.15) is 28.6 Å². The molecule has 1 fully saturated rings. The summed E-state index contributed by atoms with van der Waals surface area (Å²) in [5.74, 6) is 3.93. The molecule has 3 nitrogen and oxygen atoms in total. The highest BCUT2D eigenvalue weighted by atomic mass is 32.2. The second kappa shape index (κ2) is 6.71. The second-order valence-corrected chi connectivity index (χ2v) is 6.88. The molecular weight excluding hydrogens is 250 g/mol. The molecule has 1 aliphatic rings. The highest BCUT2D eigenvalue weighted by Crippen LogP contribution is 2.23. The van der Waals surface area contributed by atoms with E-state index in [1.54, 1.807) is 0 Å². The maximum absolute atomic E-state index is 4.46. The van der Waals surface area contributed by atoms with Crippen LogP contribution in [0.1, 0.15) is 18.2 Å². The van der Waals surface area contributed by atoms with Crippen LogP contribution in [0.15, 0.2) is 6.20 Å². The first-order valence-electron chi connectivity index (χ1n) is 6.21. The molecule has 1 aromatic heterocycles. The molecule has 1 aliphatic heterocycles. The molecule has 0 aromatic carbocycles. The Morgan fingerprint density at radius 1 is 1.53 bits per heavy atom. The molecule has 96 valence electrons. The van der Waals surface area contributed by atoms with Crippen molar-refractivity contribution < 1.29 is 0 Å². The zero-order chi connectivity index (χ0) is 12.1. The summed E-state index contributed by atoms with van der Waals surface area (Å²) in [5, 5.41) is 8.82. The average Bonchev–Trinajstić information content (AvgIpc) is 2.71. The maximum Gasteiger partial charge on any atom is 0.0666 e. The summed E-state index contributed by atoms with van der Waals surface area (Å²) in [6.45, 7) is 4.24. The minimum atomic E-state index is 0.787. The summed E-state index contributed by atoms with van der Waals surface area (Å²) in [6.07, 6.45) is 3.15. The first kappa shape index (κ1) is 13.3. The number of aromatic nitrogens is 2. The molecular formula is C12H21N3S2. The van der Waals surface area contributed by atoms with Crippen LogP contribution in [0.2, 0.25) is 0 Å². The fourth-order valence-electron chi connectivity index (χ4n) is 2.05. The third-order valence-electron chi connectivity index (χ3n) is 2.90. The molecule has 17 heavy (non-hydrogen) atoms. The molecule has 0 aliphatic carbocycles. The number of nitrogens with zero attached hydrogens (tertiary/aromatic N) is 2. The molecule has 0 amide bonds. The summed E-state index contributed by atoms with van der Waals surface area (Å²) in [6, 6.07) is 0. The number of hydrogen-bond acceptors (Lipinski definition) is 4. The zero-order valence-corrected chi connectivity index (χ0v) is 12.2. The van der Waals surface area contributed by atoms with Crippen LogP contribution in [0.3, 0.4) is 0 Å². The predicted octanol–water partition coefficient (Wildman–Crippen LogP) is 1.92. The molecule has 1 aromatic rings. The average molecular weight is 271 g/mol. The van der Waals surface area contributed by atoms with E-state index in [-0.39, 0.29) is 0 Å². The number of aryl methyl sites for hydroxylation is 2. The van der Waals surface area contributed by atoms with Crippen LogP contribution in [0, 0.1) is 0 Å². The number of hydrogen-bond donors (Lipinski definition) is 1. The Hall–Kier alpha value is -0.130. The second-order valence-electron chi connectivity index (χ2n) is 4.33. The first-order chi connectivity index (χ1) is 8.29. The summed E-state index contributed by atoms with van der Waals surface area (Å²) >= 11 is 4.19. The minimum Gasteiger partial charge on any atom is -0.311 e. The van der Waals surface area contributed by atoms with Crippen LogP contribution in [0.4, 0.5) is 0 Å². The minimum absolute atomic E-state index is 0.787. The van der Waals surface area contributed by atoms with Crippen molar-refractivity contribution in [2.75, 3.05) is 23.8 Å². The van der Waals surface area contributed by atoms with E-state index in [1.165, 1.54) is 28.5 Å². The van der Waals surface area contributed by atoms with Gasteiger partial charge in [0.05, 0.1) is 5.69 Å². The van der Waals surface area contributed by atoms with Crippen molar-refractivity contribution in [3.8, 4) is 0 Å². The van der Waals surface area contributed by atoms with E-state index in [9.17, 15) is 0 Å². The van der Waals surface area contributed by atoms with Crippen LogP contribution in [0.25, 0.3) is 0 Å². The summed E-state index contributed by atoms with van der Waals surface area (Å²) in [4.78, 5) is 0. The van der Waals surface area contributed by atoms with Crippen molar-refractivity contribution in [1.82, 2.24) is 15.1 Å². The van der Waals surface area contributed by atoms with E-state index < -0.39 is 0 Å². The van der Waals surface area contributed by atoms with Crippen molar-refractivity contribution in [1.29, 1.82) is 0 Å². The summed E-state index contributed by atoms with van der Waals surface area (Å²) in [5.41, 5.74) is 2.58. The predicted molar refractivity (Wildman–Crippen MR) is 77.9 cm³/mol. The normalized spacial score (nSPS) is 20.7. The van der Waals surface area contributed by atoms with Crippen molar-refractivity contribution in [2.24, 2.45) is 7.05 Å². The smallest absolute Gasteiger partial charge is 0.0666 e. The molecule has 1 saturated heterocycles. The number of thioether (sulfide) groups is 2. The summed E-state index contributed by atoms with van der Waals surface area (Å²) < 4.78 is 1.92. The van der Waals surface area contributed by atoms with Crippen molar-refractivity contribution in [3.63, 3.8) is 0 Å². The van der Waals surface area contributed by atoms with E-state index in [4.69, 9.17) is 0 Å². The molecule has 1 unspecified atom stereocenters. The van der Waals surface area contributed by atoms with Crippen LogP contribution in [0.5, 0.6) is 0 Å². The van der Waals surface area contributed by atoms with Crippen LogP contribution in [-0.4, -0.2) is 38.8 Å². The Morgan fingerprint density at radius 3 is 3.12 bits per heavy atom. The Kier molecular flexibility index (Phi) is 5.25. The lowest BCUT2D eigenvalue weighted by Gasteiger charge is -2.21. The molecule has 5 heteroatoms. The van der Waals surface area contributed by atoms with Crippen LogP contribution in [-0.2, 0) is 20.0 Å². The SMILES string of the molecule is CCc1nn(C)cc1CNCC1CSCCS1. The van der Waals surface area contributed by atoms with Gasteiger partial charge in [0.15, 0.2) is 0 Å². The molecule has 0 bridgehead atoms. The maximum atomic E-state index is 4.46. The van der Waals surface area contributed by atoms with Gasteiger partial charge in [0.25, 0.3) is 0 Å². The third kappa shape index (κ3) is 3.93. The standard InChI is InChI=1S/C12H21N3S2/c1-3-12-10(8-15(2)14-12)6-13-7-11-9-16-4-5-17-11/h8,11,13H,3-7,9H2,1-2H3. The van der Waals surface area contributed by atoms with Crippen molar-refractivity contribution >= 4 is 23.5 Å². The lowest BCUT2D eigenvalue weighted by Crippen LogP contribution is -2.28. The van der Waals surface area contributed by atoms with Gasteiger partial charge in [0.2, 0.25) is 0 Å². The lowest BCUT2D eigenvalue weighted by atomic mass is 10.2. The Labute approximate surface area is 112 Å². The molecule has 2 heterocycles. The van der Waals surface area contributed by atoms with Gasteiger partial charge in [0.1, 0.15) is 0 Å². The zero-order valence-electron chi connectivity index (χ0n) is 10.6. The first-order valence-corrected chi connectivity index (χ1v) is 8.41. The van der Waals surface area contributed by atoms with E-state index in [2.05, 4.69) is 47.1 Å². The largest absolute Gasteiger partial charge is 0.311 e. The topological polar surface area (TPSA) is 29.9 Å². The fraction of sp³-hybridized carbons (Fsp3) is 0.750. The highest BCUT2D eigenvalue weighted by molar-refractivity contribution is 8.06. The van der Waals surface area contributed by atoms with E-state index in [0.717, 1.165) is 24.8 Å². The molecule has 0 saturated carbocycles. The Balaban J connectivity index is 1.76. The summed E-state index contributed by atoms with van der Waals surface area (Å²) in [7, 11) is 2.00. The molecule has 2 rings (SSSR count). The Morgan fingerprint density at radius 2 is 2.41 bits per heavy atom. The highest BCUT2D eigenvalue weighted by Gasteiger charge is 2.14.